The van der Waals surface area contributed by atoms with Crippen molar-refractivity contribution in [1.29, 1.82) is 5.26 Å². The fraction of sp³-hybridized carbons (Fsp3) is 0.375. The molecular formula is C24H21F3N8O3. The Morgan fingerprint density at radius 2 is 1.89 bits per heavy atom. The number of hydrogen-bond donors (Lipinski definition) is 2. The zero-order chi connectivity index (χ0) is 27.1. The molecule has 2 amide bonds. The van der Waals surface area contributed by atoms with Crippen molar-refractivity contribution in [3.05, 3.63) is 59.6 Å². The second-order valence-corrected chi connectivity index (χ2v) is 9.22. The first-order chi connectivity index (χ1) is 18.1. The second kappa shape index (κ2) is 9.40. The standard InChI is InChI=1S/C24H21F3N8O3/c1-13(20-31-12-32-35(20)19-9-18(29-11-30-19)22(37)34-16-2-3-16)33-21(36)14-6-15(23(10-28)4-5-23)8-17(7-14)38-24(25,26)27/h6-9,11-13,16H,2-5H2,1H3,(H,33,36)(H,34,37)/t13-/m0/s1. The number of ether oxygens (including phenoxy) is 1. The van der Waals surface area contributed by atoms with Crippen molar-refractivity contribution in [3.8, 4) is 17.6 Å². The Balaban J connectivity index is 1.37. The van der Waals surface area contributed by atoms with E-state index >= 15 is 0 Å². The van der Waals surface area contributed by atoms with Gasteiger partial charge in [0.2, 0.25) is 0 Å². The van der Waals surface area contributed by atoms with Crippen molar-refractivity contribution >= 4 is 11.8 Å². The maximum Gasteiger partial charge on any atom is 0.573 e. The number of carbonyl (C=O) groups excluding carboxylic acids is 2. The molecule has 1 aromatic carbocycles. The molecule has 2 heterocycles. The molecule has 2 aromatic heterocycles. The summed E-state index contributed by atoms with van der Waals surface area (Å²) in [5.41, 5.74) is -0.633. The zero-order valence-corrected chi connectivity index (χ0v) is 20.0. The number of benzene rings is 1. The van der Waals surface area contributed by atoms with E-state index in [1.54, 1.807) is 6.92 Å². The van der Waals surface area contributed by atoms with Gasteiger partial charge in [-0.3, -0.25) is 9.59 Å². The van der Waals surface area contributed by atoms with Crippen LogP contribution in [-0.2, 0) is 5.41 Å². The Morgan fingerprint density at radius 1 is 1.13 bits per heavy atom. The summed E-state index contributed by atoms with van der Waals surface area (Å²) in [5.74, 6) is -1.15. The smallest absolute Gasteiger partial charge is 0.406 e. The Labute approximate surface area is 214 Å². The third-order valence-electron chi connectivity index (χ3n) is 6.24. The highest BCUT2D eigenvalue weighted by Gasteiger charge is 2.46. The average molecular weight is 526 g/mol. The molecule has 11 nitrogen and oxygen atoms in total. The van der Waals surface area contributed by atoms with E-state index in [1.807, 2.05) is 0 Å². The third-order valence-corrected chi connectivity index (χ3v) is 6.24. The van der Waals surface area contributed by atoms with E-state index < -0.39 is 29.5 Å². The van der Waals surface area contributed by atoms with Crippen molar-refractivity contribution in [2.45, 2.75) is 56.5 Å². The van der Waals surface area contributed by atoms with Gasteiger partial charge in [-0.05, 0) is 56.4 Å². The summed E-state index contributed by atoms with van der Waals surface area (Å²) in [6.45, 7) is 1.61. The van der Waals surface area contributed by atoms with E-state index in [0.717, 1.165) is 25.0 Å². The number of alkyl halides is 3. The van der Waals surface area contributed by atoms with Gasteiger partial charge < -0.3 is 15.4 Å². The maximum atomic E-state index is 13.1. The molecule has 5 rings (SSSR count). The predicted molar refractivity (Wildman–Crippen MR) is 123 cm³/mol. The molecule has 2 aliphatic rings. The summed E-state index contributed by atoms with van der Waals surface area (Å²) in [6, 6.07) is 6.40. The van der Waals surface area contributed by atoms with E-state index in [9.17, 15) is 28.0 Å². The largest absolute Gasteiger partial charge is 0.573 e. The fourth-order valence-electron chi connectivity index (χ4n) is 3.93. The monoisotopic (exact) mass is 526 g/mol. The minimum atomic E-state index is -4.97. The van der Waals surface area contributed by atoms with Crippen molar-refractivity contribution in [3.63, 3.8) is 0 Å². The van der Waals surface area contributed by atoms with Gasteiger partial charge in [0.15, 0.2) is 11.6 Å². The van der Waals surface area contributed by atoms with E-state index in [1.165, 1.54) is 29.5 Å². The Hall–Kier alpha value is -4.54. The van der Waals surface area contributed by atoms with Gasteiger partial charge in [-0.15, -0.1) is 13.2 Å². The maximum absolute atomic E-state index is 13.1. The summed E-state index contributed by atoms with van der Waals surface area (Å²) in [7, 11) is 0. The second-order valence-electron chi connectivity index (χ2n) is 9.22. The third kappa shape index (κ3) is 5.41. The quantitative estimate of drug-likeness (QED) is 0.455. The van der Waals surface area contributed by atoms with Gasteiger partial charge in [0.1, 0.15) is 24.1 Å². The van der Waals surface area contributed by atoms with Crippen molar-refractivity contribution in [2.75, 3.05) is 0 Å². The average Bonchev–Trinajstić information content (AvgIpc) is 3.80. The van der Waals surface area contributed by atoms with Crippen LogP contribution in [0.25, 0.3) is 5.82 Å². The summed E-state index contributed by atoms with van der Waals surface area (Å²) >= 11 is 0. The number of amides is 2. The number of rotatable bonds is 8. The summed E-state index contributed by atoms with van der Waals surface area (Å²) in [6.07, 6.45) is 0.256. The lowest BCUT2D eigenvalue weighted by Gasteiger charge is -2.17. The number of halogens is 3. The molecule has 3 aromatic rings. The van der Waals surface area contributed by atoms with E-state index in [-0.39, 0.29) is 40.4 Å². The van der Waals surface area contributed by atoms with Crippen LogP contribution in [0.15, 0.2) is 36.9 Å². The van der Waals surface area contributed by atoms with Gasteiger partial charge in [0, 0.05) is 17.7 Å². The highest BCUT2D eigenvalue weighted by atomic mass is 19.4. The minimum Gasteiger partial charge on any atom is -0.406 e. The molecule has 14 heteroatoms. The van der Waals surface area contributed by atoms with Crippen LogP contribution in [0.5, 0.6) is 5.75 Å². The highest BCUT2D eigenvalue weighted by Crippen LogP contribution is 2.48. The minimum absolute atomic E-state index is 0.109. The van der Waals surface area contributed by atoms with Crippen LogP contribution < -0.4 is 15.4 Å². The molecule has 38 heavy (non-hydrogen) atoms. The Morgan fingerprint density at radius 3 is 2.55 bits per heavy atom. The summed E-state index contributed by atoms with van der Waals surface area (Å²) < 4.78 is 44.1. The molecule has 0 radical (unpaired) electrons. The van der Waals surface area contributed by atoms with E-state index in [2.05, 4.69) is 41.5 Å². The highest BCUT2D eigenvalue weighted by molar-refractivity contribution is 5.95. The molecule has 0 saturated heterocycles. The molecular weight excluding hydrogens is 505 g/mol. The molecule has 1 atom stereocenters. The first-order valence-electron chi connectivity index (χ1n) is 11.7. The zero-order valence-electron chi connectivity index (χ0n) is 20.0. The van der Waals surface area contributed by atoms with Crippen LogP contribution in [-0.4, -0.2) is 49.0 Å². The van der Waals surface area contributed by atoms with Crippen LogP contribution >= 0.6 is 0 Å². The van der Waals surface area contributed by atoms with Crippen LogP contribution in [0, 0.1) is 11.3 Å². The SMILES string of the molecule is C[C@H](NC(=O)c1cc(OC(F)(F)F)cc(C2(C#N)CC2)c1)c1ncnn1-c1cc(C(=O)NC2CC2)ncn1. The molecule has 2 aliphatic carbocycles. The summed E-state index contributed by atoms with van der Waals surface area (Å²) in [4.78, 5) is 37.8. The van der Waals surface area contributed by atoms with E-state index in [0.29, 0.717) is 12.8 Å². The number of hydrogen-bond acceptors (Lipinski definition) is 8. The molecule has 2 N–H and O–H groups in total. The van der Waals surface area contributed by atoms with Crippen LogP contribution in [0.2, 0.25) is 0 Å². The lowest BCUT2D eigenvalue weighted by molar-refractivity contribution is -0.274. The number of carbonyl (C=O) groups is 2. The van der Waals surface area contributed by atoms with Crippen molar-refractivity contribution in [1.82, 2.24) is 35.4 Å². The lowest BCUT2D eigenvalue weighted by Crippen LogP contribution is -2.29. The fourth-order valence-corrected chi connectivity index (χ4v) is 3.93. The topological polar surface area (TPSA) is 148 Å². The Bertz CT molecular complexity index is 1440. The van der Waals surface area contributed by atoms with Gasteiger partial charge in [0.05, 0.1) is 17.5 Å². The first kappa shape index (κ1) is 25.1. The van der Waals surface area contributed by atoms with Crippen LogP contribution in [0.4, 0.5) is 13.2 Å². The molecule has 196 valence electrons. The molecule has 0 bridgehead atoms. The van der Waals surface area contributed by atoms with Crippen LogP contribution in [0.3, 0.4) is 0 Å². The van der Waals surface area contributed by atoms with Crippen LogP contribution in [0.1, 0.15) is 70.9 Å². The molecule has 0 spiro atoms. The van der Waals surface area contributed by atoms with Crippen molar-refractivity contribution < 1.29 is 27.5 Å². The molecule has 0 aliphatic heterocycles. The van der Waals surface area contributed by atoms with Gasteiger partial charge in [0.25, 0.3) is 11.8 Å². The predicted octanol–water partition coefficient (Wildman–Crippen LogP) is 2.89. The Kier molecular flexibility index (Phi) is 6.22. The normalized spacial score (nSPS) is 16.7. The van der Waals surface area contributed by atoms with E-state index in [4.69, 9.17) is 0 Å². The molecule has 0 unspecified atom stereocenters. The molecule has 2 saturated carbocycles. The summed E-state index contributed by atoms with van der Waals surface area (Å²) in [5, 5.41) is 19.2. The van der Waals surface area contributed by atoms with Gasteiger partial charge >= 0.3 is 6.36 Å². The van der Waals surface area contributed by atoms with Gasteiger partial charge in [-0.2, -0.15) is 15.0 Å². The molecule has 2 fully saturated rings. The van der Waals surface area contributed by atoms with Crippen molar-refractivity contribution in [2.24, 2.45) is 0 Å². The van der Waals surface area contributed by atoms with Gasteiger partial charge in [-0.25, -0.2) is 15.0 Å². The number of nitrogens with one attached hydrogen (secondary N) is 2. The first-order valence-corrected chi connectivity index (χ1v) is 11.7. The lowest BCUT2D eigenvalue weighted by atomic mass is 9.95. The number of nitrogens with zero attached hydrogens (tertiary/aromatic N) is 6. The van der Waals surface area contributed by atoms with Gasteiger partial charge in [-0.1, -0.05) is 0 Å². The number of aromatic nitrogens is 5. The number of nitriles is 1.